The molecule has 2 nitrogen and oxygen atoms in total. The molecule has 2 heterocycles. The highest BCUT2D eigenvalue weighted by Crippen LogP contribution is 2.30. The Kier molecular flexibility index (Phi) is 3.46. The molecule has 3 heteroatoms. The van der Waals surface area contributed by atoms with Crippen LogP contribution >= 0.6 is 11.3 Å². The predicted molar refractivity (Wildman–Crippen MR) is 73.6 cm³/mol. The Labute approximate surface area is 101 Å². The van der Waals surface area contributed by atoms with Gasteiger partial charge in [0.1, 0.15) is 0 Å². The highest BCUT2D eigenvalue weighted by atomic mass is 32.1. The summed E-state index contributed by atoms with van der Waals surface area (Å²) >= 11 is 1.82. The maximum Gasteiger partial charge on any atom is 0.0455 e. The van der Waals surface area contributed by atoms with E-state index in [1.54, 1.807) is 0 Å². The van der Waals surface area contributed by atoms with Gasteiger partial charge in [-0.3, -0.25) is 0 Å². The second-order valence-electron chi connectivity index (χ2n) is 3.85. The Morgan fingerprint density at radius 2 is 1.94 bits per heavy atom. The van der Waals surface area contributed by atoms with Crippen LogP contribution < -0.4 is 10.2 Å². The molecule has 1 aliphatic rings. The second-order valence-corrected chi connectivity index (χ2v) is 4.79. The first-order chi connectivity index (χ1) is 7.45. The van der Waals surface area contributed by atoms with Gasteiger partial charge < -0.3 is 10.2 Å². The zero-order valence-electron chi connectivity index (χ0n) is 8.57. The van der Waals surface area contributed by atoms with Gasteiger partial charge in [-0.25, -0.2) is 0 Å². The summed E-state index contributed by atoms with van der Waals surface area (Å²) in [5, 5.41) is 6.97. The van der Waals surface area contributed by atoms with E-state index in [4.69, 9.17) is 0 Å². The fourth-order valence-corrected chi connectivity index (χ4v) is 2.97. The van der Waals surface area contributed by atoms with E-state index in [-0.39, 0.29) is 7.43 Å². The average molecular weight is 234 g/mol. The fourth-order valence-electron chi connectivity index (χ4n) is 2.16. The minimum atomic E-state index is 0. The van der Waals surface area contributed by atoms with E-state index in [0.29, 0.717) is 0 Å². The van der Waals surface area contributed by atoms with Crippen molar-refractivity contribution in [3.05, 3.63) is 29.6 Å². The van der Waals surface area contributed by atoms with Crippen LogP contribution in [0.2, 0.25) is 0 Å². The van der Waals surface area contributed by atoms with Crippen molar-refractivity contribution in [1.29, 1.82) is 0 Å². The first-order valence-corrected chi connectivity index (χ1v) is 6.25. The molecule has 3 rings (SSSR count). The molecule has 1 N–H and O–H groups in total. The smallest absolute Gasteiger partial charge is 0.0455 e. The maximum absolute atomic E-state index is 3.39. The number of rotatable bonds is 1. The summed E-state index contributed by atoms with van der Waals surface area (Å²) in [7, 11) is 0. The van der Waals surface area contributed by atoms with Crippen LogP contribution in [0.15, 0.2) is 29.6 Å². The van der Waals surface area contributed by atoms with Gasteiger partial charge in [0.25, 0.3) is 0 Å². The summed E-state index contributed by atoms with van der Waals surface area (Å²) in [6.07, 6.45) is 0. The van der Waals surface area contributed by atoms with E-state index in [9.17, 15) is 0 Å². The summed E-state index contributed by atoms with van der Waals surface area (Å²) in [4.78, 5) is 2.48. The van der Waals surface area contributed by atoms with Gasteiger partial charge in [-0.05, 0) is 23.6 Å². The topological polar surface area (TPSA) is 15.3 Å². The zero-order valence-corrected chi connectivity index (χ0v) is 9.39. The summed E-state index contributed by atoms with van der Waals surface area (Å²) in [6, 6.07) is 8.83. The summed E-state index contributed by atoms with van der Waals surface area (Å²) < 4.78 is 1.39. The number of hydrogen-bond donors (Lipinski definition) is 1. The standard InChI is InChI=1S/C12H14N2S.CH4/c1-2-11(14-7-5-13-6-8-14)10-4-9-15-12(10)3-1;/h1-4,9,13H,5-8H2;1H4. The van der Waals surface area contributed by atoms with Gasteiger partial charge >= 0.3 is 0 Å². The summed E-state index contributed by atoms with van der Waals surface area (Å²) in [5.74, 6) is 0. The van der Waals surface area contributed by atoms with Crippen LogP contribution in [0, 0.1) is 0 Å². The van der Waals surface area contributed by atoms with Crippen LogP contribution in [0.4, 0.5) is 5.69 Å². The maximum atomic E-state index is 3.39. The molecule has 1 fully saturated rings. The third kappa shape index (κ3) is 1.93. The van der Waals surface area contributed by atoms with Crippen molar-refractivity contribution >= 4 is 27.1 Å². The van der Waals surface area contributed by atoms with E-state index in [2.05, 4.69) is 39.9 Å². The Morgan fingerprint density at radius 3 is 2.75 bits per heavy atom. The number of hydrogen-bond acceptors (Lipinski definition) is 3. The van der Waals surface area contributed by atoms with Gasteiger partial charge in [-0.2, -0.15) is 0 Å². The number of fused-ring (bicyclic) bond motifs is 1. The molecule has 1 aliphatic heterocycles. The SMILES string of the molecule is C.c1cc(N2CCNCC2)c2ccsc2c1. The zero-order chi connectivity index (χ0) is 10.1. The van der Waals surface area contributed by atoms with Crippen molar-refractivity contribution in [3.8, 4) is 0 Å². The molecule has 16 heavy (non-hydrogen) atoms. The molecular weight excluding hydrogens is 216 g/mol. The lowest BCUT2D eigenvalue weighted by Gasteiger charge is -2.30. The van der Waals surface area contributed by atoms with Crippen LogP contribution in [0.3, 0.4) is 0 Å². The van der Waals surface area contributed by atoms with Crippen LogP contribution in [0.25, 0.3) is 10.1 Å². The van der Waals surface area contributed by atoms with Crippen molar-refractivity contribution in [3.63, 3.8) is 0 Å². The average Bonchev–Trinajstić information content (AvgIpc) is 2.78. The molecule has 2 aromatic rings. The molecule has 1 aromatic carbocycles. The lowest BCUT2D eigenvalue weighted by atomic mass is 10.2. The van der Waals surface area contributed by atoms with Crippen molar-refractivity contribution in [2.24, 2.45) is 0 Å². The molecule has 0 atom stereocenters. The Morgan fingerprint density at radius 1 is 1.12 bits per heavy atom. The van der Waals surface area contributed by atoms with E-state index in [1.807, 2.05) is 11.3 Å². The minimum Gasteiger partial charge on any atom is -0.368 e. The van der Waals surface area contributed by atoms with Gasteiger partial charge in [0.05, 0.1) is 0 Å². The first-order valence-electron chi connectivity index (χ1n) is 5.37. The number of thiophene rings is 1. The molecule has 0 spiro atoms. The first kappa shape index (κ1) is 11.4. The monoisotopic (exact) mass is 234 g/mol. The molecule has 86 valence electrons. The van der Waals surface area contributed by atoms with E-state index >= 15 is 0 Å². The third-order valence-electron chi connectivity index (χ3n) is 2.93. The minimum absolute atomic E-state index is 0. The second kappa shape index (κ2) is 4.85. The van der Waals surface area contributed by atoms with E-state index in [0.717, 1.165) is 26.2 Å². The highest BCUT2D eigenvalue weighted by Gasteiger charge is 2.12. The molecule has 0 saturated carbocycles. The van der Waals surface area contributed by atoms with Crippen LogP contribution in [-0.4, -0.2) is 26.2 Å². The number of benzene rings is 1. The normalized spacial score (nSPS) is 16.1. The molecule has 0 aliphatic carbocycles. The molecule has 1 saturated heterocycles. The Hall–Kier alpha value is -1.06. The van der Waals surface area contributed by atoms with Gasteiger partial charge in [0, 0.05) is 42.0 Å². The largest absolute Gasteiger partial charge is 0.368 e. The quantitative estimate of drug-likeness (QED) is 0.816. The molecule has 0 radical (unpaired) electrons. The Bertz CT molecular complexity index is 458. The number of nitrogens with one attached hydrogen (secondary N) is 1. The predicted octanol–water partition coefficient (Wildman–Crippen LogP) is 2.95. The van der Waals surface area contributed by atoms with Crippen molar-refractivity contribution in [2.75, 3.05) is 31.1 Å². The van der Waals surface area contributed by atoms with Crippen LogP contribution in [-0.2, 0) is 0 Å². The van der Waals surface area contributed by atoms with Gasteiger partial charge in [0.2, 0.25) is 0 Å². The molecule has 0 amide bonds. The lowest BCUT2D eigenvalue weighted by molar-refractivity contribution is 0.590. The van der Waals surface area contributed by atoms with Crippen molar-refractivity contribution in [1.82, 2.24) is 5.32 Å². The van der Waals surface area contributed by atoms with Gasteiger partial charge in [-0.1, -0.05) is 13.5 Å². The van der Waals surface area contributed by atoms with E-state index < -0.39 is 0 Å². The number of nitrogens with zero attached hydrogens (tertiary/aromatic N) is 1. The molecule has 0 bridgehead atoms. The fraction of sp³-hybridized carbons (Fsp3) is 0.385. The van der Waals surface area contributed by atoms with Gasteiger partial charge in [0.15, 0.2) is 0 Å². The van der Waals surface area contributed by atoms with Crippen LogP contribution in [0.1, 0.15) is 7.43 Å². The molecule has 0 unspecified atom stereocenters. The molecule has 1 aromatic heterocycles. The summed E-state index contributed by atoms with van der Waals surface area (Å²) in [5.41, 5.74) is 1.40. The van der Waals surface area contributed by atoms with Crippen molar-refractivity contribution < 1.29 is 0 Å². The van der Waals surface area contributed by atoms with Gasteiger partial charge in [-0.15, -0.1) is 11.3 Å². The Balaban J connectivity index is 0.000000963. The third-order valence-corrected chi connectivity index (χ3v) is 3.81. The van der Waals surface area contributed by atoms with Crippen molar-refractivity contribution in [2.45, 2.75) is 7.43 Å². The highest BCUT2D eigenvalue weighted by molar-refractivity contribution is 7.17. The number of piperazine rings is 1. The van der Waals surface area contributed by atoms with Crippen LogP contribution in [0.5, 0.6) is 0 Å². The summed E-state index contributed by atoms with van der Waals surface area (Å²) in [6.45, 7) is 4.44. The van der Waals surface area contributed by atoms with E-state index in [1.165, 1.54) is 15.8 Å². The molecular formula is C13H18N2S. The lowest BCUT2D eigenvalue weighted by Crippen LogP contribution is -2.43. The number of anilines is 1.